The van der Waals surface area contributed by atoms with E-state index in [-0.39, 0.29) is 23.7 Å². The maximum Gasteiger partial charge on any atom is 0.342 e. The summed E-state index contributed by atoms with van der Waals surface area (Å²) in [5, 5.41) is 20.0. The van der Waals surface area contributed by atoms with Crippen LogP contribution in [0, 0.1) is 0 Å². The normalized spacial score (nSPS) is 10.3. The number of hydrogen-bond donors (Lipinski definition) is 2. The van der Waals surface area contributed by atoms with E-state index in [4.69, 9.17) is 4.74 Å². The quantitative estimate of drug-likeness (QED) is 0.653. The molecule has 0 aliphatic heterocycles. The standard InChI is InChI=1S/C22H18O4/c1-2-15-8-6-7-11-17(15)14-26-22(25)21-19(12-18(23)13-20(21)24)16-9-4-3-5-10-16/h2-13,23-24H,1,14H2. The van der Waals surface area contributed by atoms with Crippen LogP contribution in [0.4, 0.5) is 0 Å². The van der Waals surface area contributed by atoms with Crippen molar-refractivity contribution in [3.8, 4) is 22.6 Å². The molecule has 4 nitrogen and oxygen atoms in total. The predicted molar refractivity (Wildman–Crippen MR) is 101 cm³/mol. The summed E-state index contributed by atoms with van der Waals surface area (Å²) in [4.78, 5) is 12.7. The molecule has 0 unspecified atom stereocenters. The van der Waals surface area contributed by atoms with E-state index < -0.39 is 5.97 Å². The number of aromatic hydroxyl groups is 2. The predicted octanol–water partition coefficient (Wildman–Crippen LogP) is 4.76. The average molecular weight is 346 g/mol. The van der Waals surface area contributed by atoms with E-state index in [1.165, 1.54) is 6.07 Å². The zero-order valence-corrected chi connectivity index (χ0v) is 14.1. The molecule has 0 aromatic heterocycles. The fourth-order valence-corrected chi connectivity index (χ4v) is 2.75. The number of rotatable bonds is 5. The smallest absolute Gasteiger partial charge is 0.342 e. The molecule has 0 aliphatic rings. The summed E-state index contributed by atoms with van der Waals surface area (Å²) >= 11 is 0. The molecular formula is C22H18O4. The summed E-state index contributed by atoms with van der Waals surface area (Å²) in [5.41, 5.74) is 2.81. The molecule has 0 atom stereocenters. The van der Waals surface area contributed by atoms with Crippen molar-refractivity contribution in [1.82, 2.24) is 0 Å². The van der Waals surface area contributed by atoms with E-state index in [1.54, 1.807) is 18.2 Å². The molecule has 3 aromatic rings. The third-order valence-electron chi connectivity index (χ3n) is 4.02. The van der Waals surface area contributed by atoms with E-state index in [9.17, 15) is 15.0 Å². The maximum absolute atomic E-state index is 12.7. The number of hydrogen-bond acceptors (Lipinski definition) is 4. The molecule has 0 fully saturated rings. The Kier molecular flexibility index (Phi) is 5.04. The van der Waals surface area contributed by atoms with Gasteiger partial charge in [0.15, 0.2) is 0 Å². The molecule has 4 heteroatoms. The largest absolute Gasteiger partial charge is 0.508 e. The first-order chi connectivity index (χ1) is 12.6. The Morgan fingerprint density at radius 2 is 1.69 bits per heavy atom. The molecule has 26 heavy (non-hydrogen) atoms. The van der Waals surface area contributed by atoms with Crippen LogP contribution in [0.25, 0.3) is 17.2 Å². The van der Waals surface area contributed by atoms with E-state index in [1.807, 2.05) is 42.5 Å². The monoisotopic (exact) mass is 346 g/mol. The van der Waals surface area contributed by atoms with Gasteiger partial charge in [0.05, 0.1) is 0 Å². The lowest BCUT2D eigenvalue weighted by molar-refractivity contribution is 0.0470. The van der Waals surface area contributed by atoms with Gasteiger partial charge in [0, 0.05) is 11.6 Å². The van der Waals surface area contributed by atoms with Crippen molar-refractivity contribution < 1.29 is 19.7 Å². The molecule has 2 N–H and O–H groups in total. The first-order valence-electron chi connectivity index (χ1n) is 8.09. The number of esters is 1. The van der Waals surface area contributed by atoms with E-state index >= 15 is 0 Å². The Hall–Kier alpha value is -3.53. The number of ether oxygens (including phenoxy) is 1. The van der Waals surface area contributed by atoms with Crippen molar-refractivity contribution in [2.75, 3.05) is 0 Å². The van der Waals surface area contributed by atoms with Crippen molar-refractivity contribution in [1.29, 1.82) is 0 Å². The van der Waals surface area contributed by atoms with Crippen molar-refractivity contribution in [3.63, 3.8) is 0 Å². The van der Waals surface area contributed by atoms with Crippen LogP contribution in [0.2, 0.25) is 0 Å². The SMILES string of the molecule is C=Cc1ccccc1COC(=O)c1c(O)cc(O)cc1-c1ccccc1. The molecule has 0 amide bonds. The maximum atomic E-state index is 12.7. The van der Waals surface area contributed by atoms with Crippen LogP contribution in [-0.4, -0.2) is 16.2 Å². The highest BCUT2D eigenvalue weighted by Gasteiger charge is 2.20. The average Bonchev–Trinajstić information content (AvgIpc) is 2.66. The van der Waals surface area contributed by atoms with Gasteiger partial charge in [0.1, 0.15) is 23.7 Å². The molecule has 0 aliphatic carbocycles. The molecule has 0 heterocycles. The number of carbonyl (C=O) groups is 1. The lowest BCUT2D eigenvalue weighted by atomic mass is 9.98. The molecule has 0 saturated carbocycles. The minimum absolute atomic E-state index is 0.0186. The molecule has 0 bridgehead atoms. The first kappa shape index (κ1) is 17.3. The Balaban J connectivity index is 1.93. The van der Waals surface area contributed by atoms with E-state index in [2.05, 4.69) is 6.58 Å². The minimum Gasteiger partial charge on any atom is -0.508 e. The van der Waals surface area contributed by atoms with E-state index in [0.29, 0.717) is 11.1 Å². The van der Waals surface area contributed by atoms with Crippen LogP contribution in [-0.2, 0) is 11.3 Å². The fraction of sp³-hybridized carbons (Fsp3) is 0.0455. The lowest BCUT2D eigenvalue weighted by Gasteiger charge is -2.13. The number of phenols is 2. The van der Waals surface area contributed by atoms with Crippen molar-refractivity contribution in [3.05, 3.63) is 90.0 Å². The first-order valence-corrected chi connectivity index (χ1v) is 8.09. The Labute approximate surface area is 151 Å². The van der Waals surface area contributed by atoms with Crippen LogP contribution >= 0.6 is 0 Å². The second-order valence-electron chi connectivity index (χ2n) is 5.73. The van der Waals surface area contributed by atoms with Gasteiger partial charge in [-0.3, -0.25) is 0 Å². The summed E-state index contributed by atoms with van der Waals surface area (Å²) in [6.45, 7) is 3.80. The molecule has 130 valence electrons. The fourth-order valence-electron chi connectivity index (χ4n) is 2.75. The molecule has 0 radical (unpaired) electrons. The van der Waals surface area contributed by atoms with Crippen LogP contribution in [0.1, 0.15) is 21.5 Å². The summed E-state index contributed by atoms with van der Waals surface area (Å²) in [6.07, 6.45) is 1.69. The van der Waals surface area contributed by atoms with Crippen LogP contribution in [0.5, 0.6) is 11.5 Å². The lowest BCUT2D eigenvalue weighted by Crippen LogP contribution is -2.08. The summed E-state index contributed by atoms with van der Waals surface area (Å²) in [7, 11) is 0. The molecular weight excluding hydrogens is 328 g/mol. The highest BCUT2D eigenvalue weighted by atomic mass is 16.5. The van der Waals surface area contributed by atoms with Gasteiger partial charge in [-0.1, -0.05) is 67.3 Å². The molecule has 3 rings (SSSR count). The Morgan fingerprint density at radius 1 is 1.00 bits per heavy atom. The Bertz CT molecular complexity index is 946. The van der Waals surface area contributed by atoms with Gasteiger partial charge in [-0.05, 0) is 22.8 Å². The molecule has 0 spiro atoms. The van der Waals surface area contributed by atoms with Crippen LogP contribution < -0.4 is 0 Å². The van der Waals surface area contributed by atoms with Gasteiger partial charge in [-0.2, -0.15) is 0 Å². The van der Waals surface area contributed by atoms with E-state index in [0.717, 1.165) is 17.2 Å². The highest BCUT2D eigenvalue weighted by Crippen LogP contribution is 2.35. The van der Waals surface area contributed by atoms with Gasteiger partial charge >= 0.3 is 5.97 Å². The van der Waals surface area contributed by atoms with Crippen LogP contribution in [0.3, 0.4) is 0 Å². The Morgan fingerprint density at radius 3 is 2.42 bits per heavy atom. The summed E-state index contributed by atoms with van der Waals surface area (Å²) in [5.74, 6) is -1.12. The third-order valence-corrected chi connectivity index (χ3v) is 4.02. The third kappa shape index (κ3) is 3.59. The highest BCUT2D eigenvalue weighted by molar-refractivity contribution is 6.00. The second-order valence-corrected chi connectivity index (χ2v) is 5.73. The van der Waals surface area contributed by atoms with Gasteiger partial charge in [-0.25, -0.2) is 4.79 Å². The summed E-state index contributed by atoms with van der Waals surface area (Å²) in [6, 6.07) is 19.1. The zero-order valence-electron chi connectivity index (χ0n) is 14.1. The zero-order chi connectivity index (χ0) is 18.5. The van der Waals surface area contributed by atoms with Gasteiger partial charge in [0.2, 0.25) is 0 Å². The number of carbonyl (C=O) groups excluding carboxylic acids is 1. The van der Waals surface area contributed by atoms with Gasteiger partial charge < -0.3 is 14.9 Å². The summed E-state index contributed by atoms with van der Waals surface area (Å²) < 4.78 is 5.41. The molecule has 3 aromatic carbocycles. The van der Waals surface area contributed by atoms with Gasteiger partial charge in [-0.15, -0.1) is 0 Å². The number of benzene rings is 3. The van der Waals surface area contributed by atoms with Crippen molar-refractivity contribution in [2.24, 2.45) is 0 Å². The van der Waals surface area contributed by atoms with Gasteiger partial charge in [0.25, 0.3) is 0 Å². The molecule has 0 saturated heterocycles. The van der Waals surface area contributed by atoms with Crippen molar-refractivity contribution in [2.45, 2.75) is 6.61 Å². The van der Waals surface area contributed by atoms with Crippen molar-refractivity contribution >= 4 is 12.0 Å². The van der Waals surface area contributed by atoms with Crippen LogP contribution in [0.15, 0.2) is 73.3 Å². The number of phenolic OH excluding ortho intramolecular Hbond substituents is 2. The topological polar surface area (TPSA) is 66.8 Å². The second kappa shape index (κ2) is 7.57. The minimum atomic E-state index is -0.666.